The molecule has 0 saturated heterocycles. The predicted molar refractivity (Wildman–Crippen MR) is 72.6 cm³/mol. The quantitative estimate of drug-likeness (QED) is 0.904. The standard InChI is InChI=1S/C14H19BrO2/c1-14(2,16)11-8-9-6-4-5-7-10(9)12(15)13(11)17-3/h8,16H,4-7H2,1-3H3. The predicted octanol–water partition coefficient (Wildman–Crippen LogP) is 3.56. The van der Waals surface area contributed by atoms with Crippen LogP contribution >= 0.6 is 15.9 Å². The number of aliphatic hydroxyl groups is 1. The lowest BCUT2D eigenvalue weighted by atomic mass is 9.86. The Bertz CT molecular complexity index is 433. The number of halogens is 1. The monoisotopic (exact) mass is 298 g/mol. The molecule has 2 rings (SSSR count). The minimum absolute atomic E-state index is 0.776. The fraction of sp³-hybridized carbons (Fsp3) is 0.571. The Morgan fingerprint density at radius 2 is 1.94 bits per heavy atom. The van der Waals surface area contributed by atoms with Crippen LogP contribution in [0.5, 0.6) is 5.75 Å². The molecule has 1 aliphatic carbocycles. The Hall–Kier alpha value is -0.540. The van der Waals surface area contributed by atoms with E-state index in [1.165, 1.54) is 24.0 Å². The molecule has 0 unspecified atom stereocenters. The van der Waals surface area contributed by atoms with Crippen LogP contribution in [-0.2, 0) is 18.4 Å². The molecule has 0 heterocycles. The largest absolute Gasteiger partial charge is 0.495 e. The molecule has 1 N–H and O–H groups in total. The zero-order valence-corrected chi connectivity index (χ0v) is 12.2. The summed E-state index contributed by atoms with van der Waals surface area (Å²) in [4.78, 5) is 0. The maximum absolute atomic E-state index is 10.2. The molecule has 1 aromatic rings. The topological polar surface area (TPSA) is 29.5 Å². The van der Waals surface area contributed by atoms with E-state index in [0.717, 1.165) is 28.6 Å². The minimum atomic E-state index is -0.875. The number of aryl methyl sites for hydroxylation is 1. The van der Waals surface area contributed by atoms with Gasteiger partial charge in [-0.3, -0.25) is 0 Å². The average Bonchev–Trinajstić information content (AvgIpc) is 2.28. The Morgan fingerprint density at radius 1 is 1.29 bits per heavy atom. The maximum atomic E-state index is 10.2. The molecular weight excluding hydrogens is 280 g/mol. The van der Waals surface area contributed by atoms with Gasteiger partial charge in [0, 0.05) is 5.56 Å². The molecule has 2 nitrogen and oxygen atoms in total. The van der Waals surface area contributed by atoms with E-state index in [2.05, 4.69) is 22.0 Å². The van der Waals surface area contributed by atoms with E-state index in [1.54, 1.807) is 21.0 Å². The van der Waals surface area contributed by atoms with E-state index >= 15 is 0 Å². The van der Waals surface area contributed by atoms with E-state index in [-0.39, 0.29) is 0 Å². The molecule has 0 fully saturated rings. The molecule has 1 aromatic carbocycles. The van der Waals surface area contributed by atoms with Crippen LogP contribution in [-0.4, -0.2) is 12.2 Å². The molecule has 0 aromatic heterocycles. The number of methoxy groups -OCH3 is 1. The van der Waals surface area contributed by atoms with E-state index in [4.69, 9.17) is 4.74 Å². The van der Waals surface area contributed by atoms with Crippen LogP contribution in [0, 0.1) is 0 Å². The highest BCUT2D eigenvalue weighted by atomic mass is 79.9. The lowest BCUT2D eigenvalue weighted by molar-refractivity contribution is 0.0754. The summed E-state index contributed by atoms with van der Waals surface area (Å²) in [6, 6.07) is 2.11. The van der Waals surface area contributed by atoms with E-state index in [0.29, 0.717) is 0 Å². The molecule has 1 aliphatic rings. The van der Waals surface area contributed by atoms with Crippen molar-refractivity contribution in [1.82, 2.24) is 0 Å². The number of fused-ring (bicyclic) bond motifs is 1. The second kappa shape index (κ2) is 4.62. The van der Waals surface area contributed by atoms with E-state index in [9.17, 15) is 5.11 Å². The van der Waals surface area contributed by atoms with Gasteiger partial charge >= 0.3 is 0 Å². The van der Waals surface area contributed by atoms with Crippen LogP contribution in [0.2, 0.25) is 0 Å². The summed E-state index contributed by atoms with van der Waals surface area (Å²) in [7, 11) is 1.66. The molecule has 17 heavy (non-hydrogen) atoms. The number of ether oxygens (including phenoxy) is 1. The molecule has 0 aliphatic heterocycles. The summed E-state index contributed by atoms with van der Waals surface area (Å²) in [6.45, 7) is 3.60. The molecule has 0 amide bonds. The van der Waals surface area contributed by atoms with Crippen LogP contribution in [0.25, 0.3) is 0 Å². The van der Waals surface area contributed by atoms with Gasteiger partial charge in [-0.15, -0.1) is 0 Å². The van der Waals surface area contributed by atoms with Gasteiger partial charge in [0.2, 0.25) is 0 Å². The van der Waals surface area contributed by atoms with Crippen molar-refractivity contribution in [2.75, 3.05) is 7.11 Å². The number of rotatable bonds is 2. The first kappa shape index (κ1) is 12.9. The summed E-state index contributed by atoms with van der Waals surface area (Å²) in [5, 5.41) is 10.2. The molecule has 0 saturated carbocycles. The first-order valence-electron chi connectivity index (χ1n) is 6.06. The van der Waals surface area contributed by atoms with Gasteiger partial charge in [-0.25, -0.2) is 0 Å². The van der Waals surface area contributed by atoms with Gasteiger partial charge in [0.1, 0.15) is 5.75 Å². The molecule has 0 bridgehead atoms. The zero-order valence-electron chi connectivity index (χ0n) is 10.6. The van der Waals surface area contributed by atoms with Gasteiger partial charge in [0.15, 0.2) is 0 Å². The van der Waals surface area contributed by atoms with Crippen molar-refractivity contribution in [3.8, 4) is 5.75 Å². The van der Waals surface area contributed by atoms with Crippen LogP contribution < -0.4 is 4.74 Å². The van der Waals surface area contributed by atoms with Crippen LogP contribution in [0.15, 0.2) is 10.5 Å². The summed E-state index contributed by atoms with van der Waals surface area (Å²) in [5.41, 5.74) is 2.69. The number of hydrogen-bond acceptors (Lipinski definition) is 2. The third kappa shape index (κ3) is 2.36. The highest BCUT2D eigenvalue weighted by molar-refractivity contribution is 9.10. The van der Waals surface area contributed by atoms with Gasteiger partial charge in [-0.05, 0) is 72.7 Å². The Labute approximate surface area is 111 Å². The lowest BCUT2D eigenvalue weighted by Crippen LogP contribution is -2.19. The first-order valence-corrected chi connectivity index (χ1v) is 6.85. The molecular formula is C14H19BrO2. The summed E-state index contributed by atoms with van der Waals surface area (Å²) in [6.07, 6.45) is 4.66. The van der Waals surface area contributed by atoms with Crippen molar-refractivity contribution in [3.05, 3.63) is 27.2 Å². The second-order valence-corrected chi connectivity index (χ2v) is 5.97. The summed E-state index contributed by atoms with van der Waals surface area (Å²) < 4.78 is 6.48. The Morgan fingerprint density at radius 3 is 2.53 bits per heavy atom. The zero-order chi connectivity index (χ0) is 12.6. The number of hydrogen-bond donors (Lipinski definition) is 1. The fourth-order valence-corrected chi connectivity index (χ4v) is 3.32. The smallest absolute Gasteiger partial charge is 0.139 e. The van der Waals surface area contributed by atoms with Gasteiger partial charge in [0.25, 0.3) is 0 Å². The Balaban J connectivity index is 2.64. The maximum Gasteiger partial charge on any atom is 0.139 e. The van der Waals surface area contributed by atoms with Crippen LogP contribution in [0.3, 0.4) is 0 Å². The summed E-state index contributed by atoms with van der Waals surface area (Å²) >= 11 is 3.63. The van der Waals surface area contributed by atoms with Crippen LogP contribution in [0.1, 0.15) is 43.4 Å². The van der Waals surface area contributed by atoms with E-state index < -0.39 is 5.60 Å². The fourth-order valence-electron chi connectivity index (χ4n) is 2.49. The van der Waals surface area contributed by atoms with Gasteiger partial charge in [0.05, 0.1) is 17.2 Å². The Kier molecular flexibility index (Phi) is 3.50. The van der Waals surface area contributed by atoms with Crippen molar-refractivity contribution in [1.29, 1.82) is 0 Å². The third-order valence-electron chi connectivity index (χ3n) is 3.40. The third-order valence-corrected chi connectivity index (χ3v) is 4.24. The minimum Gasteiger partial charge on any atom is -0.495 e. The highest BCUT2D eigenvalue weighted by Crippen LogP contribution is 2.42. The average molecular weight is 299 g/mol. The van der Waals surface area contributed by atoms with Gasteiger partial charge in [-0.2, -0.15) is 0 Å². The lowest BCUT2D eigenvalue weighted by Gasteiger charge is -2.27. The molecule has 0 radical (unpaired) electrons. The van der Waals surface area contributed by atoms with Crippen molar-refractivity contribution < 1.29 is 9.84 Å². The SMILES string of the molecule is COc1c(C(C)(C)O)cc2c(c1Br)CCCC2. The van der Waals surface area contributed by atoms with Gasteiger partial charge < -0.3 is 9.84 Å². The molecule has 94 valence electrons. The summed E-state index contributed by atoms with van der Waals surface area (Å²) in [5.74, 6) is 0.776. The highest BCUT2D eigenvalue weighted by Gasteiger charge is 2.27. The van der Waals surface area contributed by atoms with Crippen molar-refractivity contribution in [3.63, 3.8) is 0 Å². The normalized spacial score (nSPS) is 15.6. The molecule has 3 heteroatoms. The van der Waals surface area contributed by atoms with Crippen molar-refractivity contribution in [2.45, 2.75) is 45.1 Å². The van der Waals surface area contributed by atoms with E-state index in [1.807, 2.05) is 0 Å². The van der Waals surface area contributed by atoms with Crippen molar-refractivity contribution in [2.24, 2.45) is 0 Å². The molecule has 0 spiro atoms. The van der Waals surface area contributed by atoms with Gasteiger partial charge in [-0.1, -0.05) is 0 Å². The van der Waals surface area contributed by atoms with Crippen molar-refractivity contribution >= 4 is 15.9 Å². The first-order chi connectivity index (χ1) is 7.95. The molecule has 0 atom stereocenters. The number of benzene rings is 1. The second-order valence-electron chi connectivity index (χ2n) is 5.18. The van der Waals surface area contributed by atoms with Crippen LogP contribution in [0.4, 0.5) is 0 Å².